The van der Waals surface area contributed by atoms with Gasteiger partial charge in [0.25, 0.3) is 0 Å². The highest BCUT2D eigenvalue weighted by Gasteiger charge is 2.34. The standard InChI is InChI=1S/C18H23FN4O2/c1-12-9-21-16(25-12)11-22(2)15-7-8-23(10-15)17(18(20)24)13-3-5-14(19)6-4-13/h3-6,9,15,17H,7-8,10-11H2,1-2H3,(H2,20,24)/t15-,17+/m0/s1. The summed E-state index contributed by atoms with van der Waals surface area (Å²) in [6, 6.07) is 5.69. The van der Waals surface area contributed by atoms with Gasteiger partial charge in [-0.2, -0.15) is 0 Å². The normalized spacial score (nSPS) is 19.4. The zero-order chi connectivity index (χ0) is 18.0. The Morgan fingerprint density at radius 2 is 2.20 bits per heavy atom. The van der Waals surface area contributed by atoms with E-state index in [-0.39, 0.29) is 11.9 Å². The van der Waals surface area contributed by atoms with Crippen molar-refractivity contribution >= 4 is 5.91 Å². The first-order valence-corrected chi connectivity index (χ1v) is 8.34. The predicted octanol–water partition coefficient (Wildman–Crippen LogP) is 1.85. The average Bonchev–Trinajstić information content (AvgIpc) is 3.19. The van der Waals surface area contributed by atoms with E-state index in [1.54, 1.807) is 18.3 Å². The number of rotatable bonds is 6. The van der Waals surface area contributed by atoms with Crippen LogP contribution in [0.15, 0.2) is 34.9 Å². The minimum Gasteiger partial charge on any atom is -0.445 e. The number of aromatic nitrogens is 1. The molecule has 1 aliphatic heterocycles. The summed E-state index contributed by atoms with van der Waals surface area (Å²) in [4.78, 5) is 20.5. The highest BCUT2D eigenvalue weighted by atomic mass is 19.1. The van der Waals surface area contributed by atoms with Crippen molar-refractivity contribution in [3.8, 4) is 0 Å². The third-order valence-corrected chi connectivity index (χ3v) is 4.69. The Hall–Kier alpha value is -2.25. The van der Waals surface area contributed by atoms with Gasteiger partial charge < -0.3 is 10.2 Å². The second-order valence-corrected chi connectivity index (χ2v) is 6.57. The van der Waals surface area contributed by atoms with Crippen LogP contribution in [0.2, 0.25) is 0 Å². The lowest BCUT2D eigenvalue weighted by Crippen LogP contribution is -2.39. The monoisotopic (exact) mass is 346 g/mol. The minimum atomic E-state index is -0.539. The number of likely N-dealkylation sites (tertiary alicyclic amines) is 1. The third-order valence-electron chi connectivity index (χ3n) is 4.69. The van der Waals surface area contributed by atoms with Crippen LogP contribution in [-0.4, -0.2) is 46.9 Å². The molecule has 2 aromatic rings. The van der Waals surface area contributed by atoms with Gasteiger partial charge in [-0.15, -0.1) is 0 Å². The molecule has 0 bridgehead atoms. The van der Waals surface area contributed by atoms with Crippen LogP contribution in [0.5, 0.6) is 0 Å². The molecular weight excluding hydrogens is 323 g/mol. The lowest BCUT2D eigenvalue weighted by molar-refractivity contribution is -0.123. The molecule has 3 rings (SSSR count). The van der Waals surface area contributed by atoms with E-state index < -0.39 is 11.9 Å². The highest BCUT2D eigenvalue weighted by molar-refractivity contribution is 5.81. The van der Waals surface area contributed by atoms with Crippen molar-refractivity contribution < 1.29 is 13.6 Å². The van der Waals surface area contributed by atoms with E-state index in [1.165, 1.54) is 12.1 Å². The highest BCUT2D eigenvalue weighted by Crippen LogP contribution is 2.27. The number of carbonyl (C=O) groups excluding carboxylic acids is 1. The first kappa shape index (κ1) is 17.6. The van der Waals surface area contributed by atoms with Gasteiger partial charge in [0.05, 0.1) is 12.7 Å². The van der Waals surface area contributed by atoms with Gasteiger partial charge in [-0.1, -0.05) is 12.1 Å². The fourth-order valence-corrected chi connectivity index (χ4v) is 3.38. The molecule has 7 heteroatoms. The van der Waals surface area contributed by atoms with Gasteiger partial charge >= 0.3 is 0 Å². The molecule has 1 aromatic heterocycles. The van der Waals surface area contributed by atoms with E-state index in [1.807, 2.05) is 14.0 Å². The van der Waals surface area contributed by atoms with Gasteiger partial charge in [0.2, 0.25) is 11.8 Å². The summed E-state index contributed by atoms with van der Waals surface area (Å²) in [6.45, 7) is 3.95. The smallest absolute Gasteiger partial charge is 0.239 e. The van der Waals surface area contributed by atoms with Gasteiger partial charge in [0.15, 0.2) is 0 Å². The number of hydrogen-bond acceptors (Lipinski definition) is 5. The van der Waals surface area contributed by atoms with Gasteiger partial charge in [-0.3, -0.25) is 14.6 Å². The molecule has 0 unspecified atom stereocenters. The maximum Gasteiger partial charge on any atom is 0.239 e. The lowest BCUT2D eigenvalue weighted by atomic mass is 10.1. The molecule has 2 heterocycles. The summed E-state index contributed by atoms with van der Waals surface area (Å²) >= 11 is 0. The number of aryl methyl sites for hydroxylation is 1. The van der Waals surface area contributed by atoms with E-state index in [2.05, 4.69) is 14.8 Å². The molecule has 25 heavy (non-hydrogen) atoms. The fourth-order valence-electron chi connectivity index (χ4n) is 3.38. The number of nitrogens with zero attached hydrogens (tertiary/aromatic N) is 3. The molecular formula is C18H23FN4O2. The van der Waals surface area contributed by atoms with Crippen LogP contribution in [0.25, 0.3) is 0 Å². The first-order valence-electron chi connectivity index (χ1n) is 8.34. The number of halogens is 1. The second-order valence-electron chi connectivity index (χ2n) is 6.57. The molecule has 0 spiro atoms. The van der Waals surface area contributed by atoms with Crippen LogP contribution < -0.4 is 5.73 Å². The Labute approximate surface area is 146 Å². The zero-order valence-electron chi connectivity index (χ0n) is 14.5. The molecule has 1 aliphatic rings. The van der Waals surface area contributed by atoms with Crippen molar-refractivity contribution in [2.24, 2.45) is 5.73 Å². The van der Waals surface area contributed by atoms with Crippen molar-refractivity contribution in [3.05, 3.63) is 53.5 Å². The van der Waals surface area contributed by atoms with E-state index in [4.69, 9.17) is 10.2 Å². The van der Waals surface area contributed by atoms with Crippen LogP contribution in [0.4, 0.5) is 4.39 Å². The Kier molecular flexibility index (Phi) is 5.15. The summed E-state index contributed by atoms with van der Waals surface area (Å²) in [5, 5.41) is 0. The Bertz CT molecular complexity index is 731. The first-order chi connectivity index (χ1) is 11.9. The van der Waals surface area contributed by atoms with E-state index in [9.17, 15) is 9.18 Å². The van der Waals surface area contributed by atoms with Crippen LogP contribution in [0.1, 0.15) is 29.7 Å². The quantitative estimate of drug-likeness (QED) is 0.864. The molecule has 134 valence electrons. The van der Waals surface area contributed by atoms with Crippen molar-refractivity contribution in [1.82, 2.24) is 14.8 Å². The molecule has 1 amide bonds. The van der Waals surface area contributed by atoms with Crippen molar-refractivity contribution in [3.63, 3.8) is 0 Å². The number of hydrogen-bond donors (Lipinski definition) is 1. The van der Waals surface area contributed by atoms with Crippen LogP contribution in [0, 0.1) is 12.7 Å². The number of likely N-dealkylation sites (N-methyl/N-ethyl adjacent to an activating group) is 1. The second kappa shape index (κ2) is 7.33. The largest absolute Gasteiger partial charge is 0.445 e. The molecule has 2 N–H and O–H groups in total. The van der Waals surface area contributed by atoms with Crippen LogP contribution >= 0.6 is 0 Å². The predicted molar refractivity (Wildman–Crippen MR) is 91.0 cm³/mol. The number of carbonyl (C=O) groups is 1. The molecule has 0 radical (unpaired) electrons. The maximum atomic E-state index is 13.2. The van der Waals surface area contributed by atoms with Crippen LogP contribution in [0.3, 0.4) is 0 Å². The summed E-state index contributed by atoms with van der Waals surface area (Å²) in [5.74, 6) is 0.732. The summed E-state index contributed by atoms with van der Waals surface area (Å²) < 4.78 is 18.7. The average molecular weight is 346 g/mol. The lowest BCUT2D eigenvalue weighted by Gasteiger charge is -2.27. The van der Waals surface area contributed by atoms with Gasteiger partial charge in [-0.05, 0) is 38.1 Å². The van der Waals surface area contributed by atoms with Crippen molar-refractivity contribution in [2.75, 3.05) is 20.1 Å². The molecule has 2 atom stereocenters. The molecule has 0 saturated carbocycles. The molecule has 1 fully saturated rings. The molecule has 6 nitrogen and oxygen atoms in total. The van der Waals surface area contributed by atoms with Gasteiger partial charge in [0.1, 0.15) is 17.6 Å². The van der Waals surface area contributed by atoms with Crippen LogP contribution in [-0.2, 0) is 11.3 Å². The van der Waals surface area contributed by atoms with E-state index in [0.717, 1.165) is 24.3 Å². The SMILES string of the molecule is Cc1cnc(CN(C)[C@H]2CCN([C@@H](C(N)=O)c3ccc(F)cc3)C2)o1. The summed E-state index contributed by atoms with van der Waals surface area (Å²) in [5.41, 5.74) is 6.34. The number of oxazole rings is 1. The number of primary amides is 1. The number of benzene rings is 1. The maximum absolute atomic E-state index is 13.2. The Morgan fingerprint density at radius 3 is 2.80 bits per heavy atom. The molecule has 1 saturated heterocycles. The molecule has 0 aliphatic carbocycles. The Morgan fingerprint density at radius 1 is 1.48 bits per heavy atom. The Balaban J connectivity index is 1.67. The summed E-state index contributed by atoms with van der Waals surface area (Å²) in [6.07, 6.45) is 2.63. The fraction of sp³-hybridized carbons (Fsp3) is 0.444. The van der Waals surface area contributed by atoms with E-state index >= 15 is 0 Å². The third kappa shape index (κ3) is 4.05. The van der Waals surface area contributed by atoms with Crippen molar-refractivity contribution in [2.45, 2.75) is 32.0 Å². The summed E-state index contributed by atoms with van der Waals surface area (Å²) in [7, 11) is 2.02. The number of nitrogens with two attached hydrogens (primary N) is 1. The van der Waals surface area contributed by atoms with E-state index in [0.29, 0.717) is 19.0 Å². The topological polar surface area (TPSA) is 75.6 Å². The molecule has 1 aromatic carbocycles. The minimum absolute atomic E-state index is 0.273. The van der Waals surface area contributed by atoms with Gasteiger partial charge in [-0.25, -0.2) is 9.37 Å². The zero-order valence-corrected chi connectivity index (χ0v) is 14.5. The number of amides is 1. The van der Waals surface area contributed by atoms with Crippen molar-refractivity contribution in [1.29, 1.82) is 0 Å². The van der Waals surface area contributed by atoms with Gasteiger partial charge in [0, 0.05) is 19.1 Å².